The van der Waals surface area contributed by atoms with E-state index in [0.717, 1.165) is 40.6 Å². The molecule has 2 nitrogen and oxygen atoms in total. The van der Waals surface area contributed by atoms with Gasteiger partial charge in [-0.2, -0.15) is 0 Å². The predicted molar refractivity (Wildman–Crippen MR) is 165 cm³/mol. The average molecular weight is 647 g/mol. The molecule has 1 atom stereocenters. The molecule has 3 aromatic carbocycles. The van der Waals surface area contributed by atoms with Crippen LogP contribution < -0.4 is 8.89 Å². The maximum absolute atomic E-state index is 13.1. The minimum atomic E-state index is -4.35. The first kappa shape index (κ1) is 30.6. The fraction of sp³-hybridized carbons (Fsp3) is 0.344. The Hall–Kier alpha value is -2.38. The Balaban J connectivity index is 1.64. The van der Waals surface area contributed by atoms with E-state index in [1.807, 2.05) is 13.0 Å². The van der Waals surface area contributed by atoms with Gasteiger partial charge in [-0.1, -0.05) is 0 Å². The van der Waals surface area contributed by atoms with Crippen molar-refractivity contribution in [3.8, 4) is 16.3 Å². The second-order valence-corrected chi connectivity index (χ2v) is 20.1. The van der Waals surface area contributed by atoms with Gasteiger partial charge in [0.2, 0.25) is 0 Å². The summed E-state index contributed by atoms with van der Waals surface area (Å²) in [6.07, 6.45) is -3.48. The van der Waals surface area contributed by atoms with Gasteiger partial charge in [-0.05, 0) is 0 Å². The van der Waals surface area contributed by atoms with Gasteiger partial charge in [0, 0.05) is 0 Å². The number of nitrogens with zero attached hydrogens (tertiary/aromatic N) is 1. The second-order valence-electron chi connectivity index (χ2n) is 11.6. The Morgan fingerprint density at radius 3 is 2.15 bits per heavy atom. The minimum absolute atomic E-state index is 0.102. The van der Waals surface area contributed by atoms with Crippen LogP contribution in [0.2, 0.25) is 18.1 Å². The van der Waals surface area contributed by atoms with Crippen LogP contribution in [0.5, 0.6) is 5.75 Å². The molecule has 1 heterocycles. The van der Waals surface area contributed by atoms with Crippen LogP contribution in [-0.2, 0) is 12.6 Å². The van der Waals surface area contributed by atoms with Crippen LogP contribution in [0.25, 0.3) is 10.6 Å². The van der Waals surface area contributed by atoms with Crippen molar-refractivity contribution in [2.75, 3.05) is 0 Å². The van der Waals surface area contributed by atoms with Crippen molar-refractivity contribution < 1.29 is 17.6 Å². The van der Waals surface area contributed by atoms with Gasteiger partial charge in [0.25, 0.3) is 0 Å². The Morgan fingerprint density at radius 2 is 1.57 bits per heavy atom. The molecule has 0 aliphatic heterocycles. The zero-order valence-electron chi connectivity index (χ0n) is 24.0. The molecule has 0 spiro atoms. The summed E-state index contributed by atoms with van der Waals surface area (Å²) in [5, 5.41) is 0.876. The number of thiazole rings is 1. The molecule has 0 N–H and O–H groups in total. The molecule has 0 saturated heterocycles. The van der Waals surface area contributed by atoms with Crippen LogP contribution in [0, 0.1) is 13.8 Å². The van der Waals surface area contributed by atoms with Gasteiger partial charge < -0.3 is 0 Å². The van der Waals surface area contributed by atoms with Crippen LogP contribution in [0.4, 0.5) is 13.2 Å². The maximum atomic E-state index is 13.1. The Bertz CT molecular complexity index is 1440. The van der Waals surface area contributed by atoms with Gasteiger partial charge in [-0.3, -0.25) is 0 Å². The van der Waals surface area contributed by atoms with Crippen LogP contribution in [-0.4, -0.2) is 28.3 Å². The molecule has 40 heavy (non-hydrogen) atoms. The van der Waals surface area contributed by atoms with Crippen LogP contribution in [0.1, 0.15) is 52.8 Å². The summed E-state index contributed by atoms with van der Waals surface area (Å²) in [7, 11) is -1.95. The van der Waals surface area contributed by atoms with E-state index in [4.69, 9.17) is 9.41 Å². The number of benzene rings is 3. The van der Waals surface area contributed by atoms with Gasteiger partial charge in [-0.15, -0.1) is 0 Å². The fourth-order valence-electron chi connectivity index (χ4n) is 4.05. The topological polar surface area (TPSA) is 22.1 Å². The molecule has 212 valence electrons. The molecule has 0 radical (unpaired) electrons. The Kier molecular flexibility index (Phi) is 9.05. The van der Waals surface area contributed by atoms with E-state index >= 15 is 0 Å². The number of halogens is 3. The summed E-state index contributed by atoms with van der Waals surface area (Å²) in [6, 6.07) is 22.3. The van der Waals surface area contributed by atoms with Crippen molar-refractivity contribution >= 4 is 39.1 Å². The first-order chi connectivity index (χ1) is 18.6. The summed E-state index contributed by atoms with van der Waals surface area (Å²) in [4.78, 5) is 6.23. The van der Waals surface area contributed by atoms with Crippen LogP contribution in [0.15, 0.2) is 72.8 Å². The molecule has 0 bridgehead atoms. The van der Waals surface area contributed by atoms with Crippen molar-refractivity contribution in [1.82, 2.24) is 4.98 Å². The zero-order valence-corrected chi connectivity index (χ0v) is 27.5. The standard InChI is InChI=1S/C32H36F3NOSSeSi/c1-21-19-26(17-18-27(21)37-40(6,7)31(3,4)5)39-28(20-23-11-9-8-10-12-23)29-22(2)36-30(38-29)24-13-15-25(16-14-24)32(33,34)35/h8-19,28H,20H2,1-7H3. The molecule has 1 unspecified atom stereocenters. The van der Waals surface area contributed by atoms with E-state index < -0.39 is 20.1 Å². The molecule has 0 fully saturated rings. The van der Waals surface area contributed by atoms with Crippen LogP contribution >= 0.6 is 11.3 Å². The predicted octanol–water partition coefficient (Wildman–Crippen LogP) is 9.14. The van der Waals surface area contributed by atoms with Gasteiger partial charge >= 0.3 is 248 Å². The number of hydrogen-bond acceptors (Lipinski definition) is 3. The third-order valence-corrected chi connectivity index (χ3v) is 16.0. The third-order valence-electron chi connectivity index (χ3n) is 7.44. The molecule has 4 aromatic rings. The van der Waals surface area contributed by atoms with E-state index in [1.54, 1.807) is 11.3 Å². The normalized spacial score (nSPS) is 13.3. The molecule has 4 rings (SSSR count). The molecule has 1 aromatic heterocycles. The monoisotopic (exact) mass is 647 g/mol. The summed E-state index contributed by atoms with van der Waals surface area (Å²) >= 11 is 1.70. The van der Waals surface area contributed by atoms with E-state index in [9.17, 15) is 13.2 Å². The summed E-state index contributed by atoms with van der Waals surface area (Å²) < 4.78 is 47.1. The van der Waals surface area contributed by atoms with E-state index in [0.29, 0.717) is 5.56 Å². The van der Waals surface area contributed by atoms with E-state index in [1.165, 1.54) is 27.0 Å². The molecule has 0 aliphatic carbocycles. The van der Waals surface area contributed by atoms with Crippen molar-refractivity contribution in [1.29, 1.82) is 0 Å². The summed E-state index contributed by atoms with van der Waals surface area (Å²) in [6.45, 7) is 15.4. The quantitative estimate of drug-likeness (QED) is 0.178. The Labute approximate surface area is 247 Å². The van der Waals surface area contributed by atoms with E-state index in [2.05, 4.69) is 83.3 Å². The first-order valence-corrected chi connectivity index (χ1v) is 18.9. The van der Waals surface area contributed by atoms with E-state index in [-0.39, 0.29) is 24.8 Å². The van der Waals surface area contributed by atoms with Crippen molar-refractivity contribution in [3.63, 3.8) is 0 Å². The van der Waals surface area contributed by atoms with Gasteiger partial charge in [0.1, 0.15) is 0 Å². The number of rotatable bonds is 8. The van der Waals surface area contributed by atoms with Gasteiger partial charge in [0.15, 0.2) is 0 Å². The molecule has 0 aliphatic rings. The molecule has 0 amide bonds. The van der Waals surface area contributed by atoms with Crippen molar-refractivity contribution in [2.45, 2.75) is 70.2 Å². The second kappa shape index (κ2) is 11.8. The van der Waals surface area contributed by atoms with Crippen LogP contribution in [0.3, 0.4) is 0 Å². The van der Waals surface area contributed by atoms with Gasteiger partial charge in [-0.25, -0.2) is 0 Å². The van der Waals surface area contributed by atoms with Crippen molar-refractivity contribution in [3.05, 3.63) is 100 Å². The summed E-state index contributed by atoms with van der Waals surface area (Å²) in [5.41, 5.74) is 3.41. The molecule has 8 heteroatoms. The molecular weight excluding hydrogens is 610 g/mol. The van der Waals surface area contributed by atoms with Crippen molar-refractivity contribution in [2.24, 2.45) is 0 Å². The molecular formula is C32H36F3NOSSeSi. The number of aryl methyl sites for hydroxylation is 2. The third kappa shape index (κ3) is 7.27. The number of aromatic nitrogens is 1. The number of hydrogen-bond donors (Lipinski definition) is 0. The average Bonchev–Trinajstić information content (AvgIpc) is 3.26. The number of alkyl halides is 3. The fourth-order valence-corrected chi connectivity index (χ4v) is 9.41. The first-order valence-electron chi connectivity index (χ1n) is 13.3. The zero-order chi connectivity index (χ0) is 29.3. The summed E-state index contributed by atoms with van der Waals surface area (Å²) in [5.74, 6) is 0.962. The Morgan fingerprint density at radius 1 is 0.925 bits per heavy atom. The van der Waals surface area contributed by atoms with Gasteiger partial charge in [0.05, 0.1) is 0 Å². The SMILES string of the molecule is Cc1cc([Se]C(Cc2ccccc2)c2sc(-c3ccc(C(F)(F)F)cc3)nc2C)ccc1O[Si](C)(C)C(C)(C)C. The molecule has 0 saturated carbocycles.